The highest BCUT2D eigenvalue weighted by molar-refractivity contribution is 6.39. The standard InChI is InChI=1S/C6H5BCl2/c7-4-1-5(8)3-6(9)2-4/h1-3H,7H2. The summed E-state index contributed by atoms with van der Waals surface area (Å²) in [5.74, 6) is 0. The van der Waals surface area contributed by atoms with Gasteiger partial charge in [0.25, 0.3) is 0 Å². The van der Waals surface area contributed by atoms with Crippen LogP contribution in [0.25, 0.3) is 0 Å². The van der Waals surface area contributed by atoms with Crippen LogP contribution in [0.3, 0.4) is 0 Å². The third kappa shape index (κ3) is 1.92. The minimum atomic E-state index is 0.694. The summed E-state index contributed by atoms with van der Waals surface area (Å²) >= 11 is 11.3. The van der Waals surface area contributed by atoms with E-state index in [0.717, 1.165) is 5.46 Å². The summed E-state index contributed by atoms with van der Waals surface area (Å²) in [4.78, 5) is 0. The summed E-state index contributed by atoms with van der Waals surface area (Å²) in [7, 11) is 1.96. The van der Waals surface area contributed by atoms with Gasteiger partial charge in [0, 0.05) is 10.0 Å². The van der Waals surface area contributed by atoms with Crippen LogP contribution in [0.5, 0.6) is 0 Å². The van der Waals surface area contributed by atoms with E-state index in [2.05, 4.69) is 0 Å². The molecule has 1 aromatic carbocycles. The summed E-state index contributed by atoms with van der Waals surface area (Å²) in [6.07, 6.45) is 0. The molecule has 0 aliphatic heterocycles. The molecule has 9 heavy (non-hydrogen) atoms. The molecule has 0 heterocycles. The first kappa shape index (κ1) is 6.98. The highest BCUT2D eigenvalue weighted by Crippen LogP contribution is 2.12. The molecule has 0 radical (unpaired) electrons. The van der Waals surface area contributed by atoms with Crippen molar-refractivity contribution in [1.82, 2.24) is 0 Å². The largest absolute Gasteiger partial charge is 0.139 e. The van der Waals surface area contributed by atoms with Gasteiger partial charge in [-0.2, -0.15) is 0 Å². The SMILES string of the molecule is Bc1cc(Cl)cc(Cl)c1. The Morgan fingerprint density at radius 3 is 1.78 bits per heavy atom. The Morgan fingerprint density at radius 2 is 1.44 bits per heavy atom. The zero-order valence-corrected chi connectivity index (χ0v) is 6.50. The zero-order chi connectivity index (χ0) is 6.85. The van der Waals surface area contributed by atoms with Crippen molar-refractivity contribution in [3.05, 3.63) is 28.2 Å². The third-order valence-corrected chi connectivity index (χ3v) is 1.44. The molecule has 1 rings (SSSR count). The molecule has 0 aliphatic rings. The van der Waals surface area contributed by atoms with Crippen molar-refractivity contribution in [2.45, 2.75) is 0 Å². The lowest BCUT2D eigenvalue weighted by molar-refractivity contribution is 1.76. The van der Waals surface area contributed by atoms with Gasteiger partial charge in [0.1, 0.15) is 7.85 Å². The maximum absolute atomic E-state index is 5.67. The Kier molecular flexibility index (Phi) is 2.04. The van der Waals surface area contributed by atoms with Crippen LogP contribution >= 0.6 is 23.2 Å². The first-order chi connectivity index (χ1) is 4.18. The average Bonchev–Trinajstić information content (AvgIpc) is 1.59. The van der Waals surface area contributed by atoms with E-state index in [1.807, 2.05) is 20.0 Å². The van der Waals surface area contributed by atoms with E-state index in [1.165, 1.54) is 0 Å². The summed E-state index contributed by atoms with van der Waals surface area (Å²) < 4.78 is 0. The van der Waals surface area contributed by atoms with Crippen molar-refractivity contribution in [3.63, 3.8) is 0 Å². The topological polar surface area (TPSA) is 0 Å². The number of rotatable bonds is 0. The molecule has 0 nitrogen and oxygen atoms in total. The molecule has 0 aromatic heterocycles. The van der Waals surface area contributed by atoms with E-state index in [-0.39, 0.29) is 0 Å². The van der Waals surface area contributed by atoms with Crippen LogP contribution < -0.4 is 5.46 Å². The Hall–Kier alpha value is -0.135. The summed E-state index contributed by atoms with van der Waals surface area (Å²) in [5, 5.41) is 1.39. The van der Waals surface area contributed by atoms with Crippen LogP contribution in [0.1, 0.15) is 0 Å². The first-order valence-electron chi connectivity index (χ1n) is 2.61. The monoisotopic (exact) mass is 158 g/mol. The molecule has 1 aromatic rings. The molecule has 0 amide bonds. The van der Waals surface area contributed by atoms with Crippen LogP contribution in [-0.2, 0) is 0 Å². The van der Waals surface area contributed by atoms with Crippen molar-refractivity contribution in [1.29, 1.82) is 0 Å². The lowest BCUT2D eigenvalue weighted by Crippen LogP contribution is -1.99. The molecule has 0 spiro atoms. The van der Waals surface area contributed by atoms with Crippen LogP contribution in [0.15, 0.2) is 18.2 Å². The van der Waals surface area contributed by atoms with Crippen molar-refractivity contribution in [2.24, 2.45) is 0 Å². The van der Waals surface area contributed by atoms with E-state index in [9.17, 15) is 0 Å². The minimum absolute atomic E-state index is 0.694. The van der Waals surface area contributed by atoms with Crippen molar-refractivity contribution < 1.29 is 0 Å². The van der Waals surface area contributed by atoms with Gasteiger partial charge < -0.3 is 0 Å². The van der Waals surface area contributed by atoms with Crippen LogP contribution in [0.4, 0.5) is 0 Å². The number of halogens is 2. The van der Waals surface area contributed by atoms with Gasteiger partial charge in [-0.1, -0.05) is 28.7 Å². The Bertz CT molecular complexity index is 172. The van der Waals surface area contributed by atoms with E-state index in [1.54, 1.807) is 6.07 Å². The highest BCUT2D eigenvalue weighted by atomic mass is 35.5. The van der Waals surface area contributed by atoms with Gasteiger partial charge in [-0.15, -0.1) is 0 Å². The molecule has 0 saturated carbocycles. The second kappa shape index (κ2) is 2.63. The average molecular weight is 159 g/mol. The van der Waals surface area contributed by atoms with E-state index >= 15 is 0 Å². The van der Waals surface area contributed by atoms with Gasteiger partial charge in [0.15, 0.2) is 0 Å². The molecule has 0 N–H and O–H groups in total. The van der Waals surface area contributed by atoms with Crippen LogP contribution in [-0.4, -0.2) is 7.85 Å². The molecule has 0 bridgehead atoms. The third-order valence-electron chi connectivity index (χ3n) is 1.01. The normalized spacial score (nSPS) is 9.56. The maximum atomic E-state index is 5.67. The van der Waals surface area contributed by atoms with Crippen molar-refractivity contribution >= 4 is 36.5 Å². The molecule has 0 unspecified atom stereocenters. The smallest absolute Gasteiger partial charge is 0.0860 e. The minimum Gasteiger partial charge on any atom is -0.0860 e. The second-order valence-electron chi connectivity index (χ2n) is 1.95. The van der Waals surface area contributed by atoms with Gasteiger partial charge in [0.05, 0.1) is 0 Å². The maximum Gasteiger partial charge on any atom is 0.139 e. The number of hydrogen-bond acceptors (Lipinski definition) is 0. The fourth-order valence-electron chi connectivity index (χ4n) is 0.692. The fraction of sp³-hybridized carbons (Fsp3) is 0. The van der Waals surface area contributed by atoms with Crippen LogP contribution in [0.2, 0.25) is 10.0 Å². The fourth-order valence-corrected chi connectivity index (χ4v) is 1.33. The highest BCUT2D eigenvalue weighted by Gasteiger charge is 1.90. The Morgan fingerprint density at radius 1 is 1.00 bits per heavy atom. The van der Waals surface area contributed by atoms with Gasteiger partial charge in [0.2, 0.25) is 0 Å². The number of hydrogen-bond donors (Lipinski definition) is 0. The first-order valence-corrected chi connectivity index (χ1v) is 3.37. The number of benzene rings is 1. The Labute approximate surface area is 65.2 Å². The van der Waals surface area contributed by atoms with Gasteiger partial charge in [-0.3, -0.25) is 0 Å². The molecule has 0 saturated heterocycles. The van der Waals surface area contributed by atoms with Crippen LogP contribution in [0, 0.1) is 0 Å². The lowest BCUT2D eigenvalue weighted by Gasteiger charge is -1.93. The van der Waals surface area contributed by atoms with Crippen molar-refractivity contribution in [2.75, 3.05) is 0 Å². The molecular weight excluding hydrogens is 154 g/mol. The molecule has 46 valence electrons. The Balaban J connectivity index is 3.17. The van der Waals surface area contributed by atoms with E-state index < -0.39 is 0 Å². The molecule has 0 fully saturated rings. The predicted molar refractivity (Wildman–Crippen MR) is 44.6 cm³/mol. The van der Waals surface area contributed by atoms with Gasteiger partial charge in [-0.25, -0.2) is 0 Å². The van der Waals surface area contributed by atoms with Gasteiger partial charge in [-0.05, 0) is 18.2 Å². The summed E-state index contributed by atoms with van der Waals surface area (Å²) in [6.45, 7) is 0. The second-order valence-corrected chi connectivity index (χ2v) is 2.82. The van der Waals surface area contributed by atoms with Gasteiger partial charge >= 0.3 is 0 Å². The zero-order valence-electron chi connectivity index (χ0n) is 4.99. The quantitative estimate of drug-likeness (QED) is 0.499. The van der Waals surface area contributed by atoms with Crippen molar-refractivity contribution in [3.8, 4) is 0 Å². The summed E-state index contributed by atoms with van der Waals surface area (Å²) in [6, 6.07) is 5.46. The molecule has 3 heteroatoms. The van der Waals surface area contributed by atoms with E-state index in [0.29, 0.717) is 10.0 Å². The molecule has 0 atom stereocenters. The molecular formula is C6H5BCl2. The molecule has 0 aliphatic carbocycles. The predicted octanol–water partition coefficient (Wildman–Crippen LogP) is 1.25. The lowest BCUT2D eigenvalue weighted by atomic mass is 9.97. The van der Waals surface area contributed by atoms with E-state index in [4.69, 9.17) is 23.2 Å². The summed E-state index contributed by atoms with van der Waals surface area (Å²) in [5.41, 5.74) is 1.09.